The van der Waals surface area contributed by atoms with Crippen LogP contribution in [0.25, 0.3) is 6.08 Å². The molecule has 150 valence electrons. The Hall–Kier alpha value is -2.20. The van der Waals surface area contributed by atoms with E-state index in [1.807, 2.05) is 31.2 Å². The van der Waals surface area contributed by atoms with Gasteiger partial charge >= 0.3 is 11.9 Å². The smallest absolute Gasteiger partial charge is 0.363 e. The summed E-state index contributed by atoms with van der Waals surface area (Å²) in [6.07, 6.45) is 2.63. The summed E-state index contributed by atoms with van der Waals surface area (Å²) < 4.78 is 17.7. The first-order chi connectivity index (χ1) is 13.9. The summed E-state index contributed by atoms with van der Waals surface area (Å²) >= 11 is 5.43. The monoisotopic (exact) mass is 569 g/mol. The molecule has 0 radical (unpaired) electrons. The van der Waals surface area contributed by atoms with E-state index in [0.29, 0.717) is 39.0 Å². The molecular weight excluding hydrogens is 553 g/mol. The lowest BCUT2D eigenvalue weighted by molar-refractivity contribution is -0.134. The van der Waals surface area contributed by atoms with Crippen molar-refractivity contribution in [2.45, 2.75) is 19.8 Å². The number of benzene rings is 2. The van der Waals surface area contributed by atoms with Crippen LogP contribution in [0, 0.1) is 3.57 Å². The van der Waals surface area contributed by atoms with Crippen LogP contribution in [0.4, 0.5) is 0 Å². The molecule has 0 saturated heterocycles. The molecule has 2 aromatic rings. The normalized spacial score (nSPS) is 14.6. The Kier molecular flexibility index (Phi) is 7.07. The molecule has 0 saturated carbocycles. The van der Waals surface area contributed by atoms with Gasteiger partial charge in [-0.2, -0.15) is 0 Å². The van der Waals surface area contributed by atoms with Gasteiger partial charge in [-0.3, -0.25) is 4.79 Å². The highest BCUT2D eigenvalue weighted by molar-refractivity contribution is 14.1. The summed E-state index contributed by atoms with van der Waals surface area (Å²) in [6, 6.07) is 10.8. The van der Waals surface area contributed by atoms with Crippen molar-refractivity contribution in [2.24, 2.45) is 4.99 Å². The maximum Gasteiger partial charge on any atom is 0.363 e. The first-order valence-corrected chi connectivity index (χ1v) is 10.6. The van der Waals surface area contributed by atoms with Gasteiger partial charge < -0.3 is 14.2 Å². The van der Waals surface area contributed by atoms with E-state index in [1.165, 1.54) is 7.11 Å². The average molecular weight is 570 g/mol. The number of carbonyl (C=O) groups is 2. The third-order valence-corrected chi connectivity index (χ3v) is 5.27. The minimum absolute atomic E-state index is 0.177. The number of aliphatic imine (C=N–C) groups is 1. The summed E-state index contributed by atoms with van der Waals surface area (Å²) in [5.74, 6) is 0.159. The van der Waals surface area contributed by atoms with Crippen molar-refractivity contribution in [1.29, 1.82) is 0 Å². The largest absolute Gasteiger partial charge is 0.493 e. The third-order valence-electron chi connectivity index (χ3n) is 3.94. The van der Waals surface area contributed by atoms with Crippen LogP contribution in [-0.2, 0) is 14.3 Å². The van der Waals surface area contributed by atoms with Gasteiger partial charge in [0.05, 0.1) is 10.7 Å². The molecule has 6 nitrogen and oxygen atoms in total. The van der Waals surface area contributed by atoms with E-state index in [1.54, 1.807) is 18.2 Å². The molecule has 0 atom stereocenters. The van der Waals surface area contributed by atoms with Gasteiger partial charge in [0.1, 0.15) is 0 Å². The zero-order valence-electron chi connectivity index (χ0n) is 15.7. The predicted molar refractivity (Wildman–Crippen MR) is 121 cm³/mol. The van der Waals surface area contributed by atoms with Crippen molar-refractivity contribution in [2.75, 3.05) is 7.11 Å². The minimum atomic E-state index is -0.532. The number of ether oxygens (including phenoxy) is 3. The van der Waals surface area contributed by atoms with Crippen LogP contribution < -0.4 is 9.47 Å². The SMILES string of the molecule is CCCC(=O)Oc1c(I)cc(/C=C2\N=C(c3ccc(Br)cc3)OC2=O)cc1OC. The Morgan fingerprint density at radius 3 is 2.66 bits per heavy atom. The van der Waals surface area contributed by atoms with E-state index in [-0.39, 0.29) is 17.6 Å². The molecule has 29 heavy (non-hydrogen) atoms. The van der Waals surface area contributed by atoms with Crippen LogP contribution in [0.3, 0.4) is 0 Å². The molecule has 8 heteroatoms. The molecule has 1 aliphatic rings. The van der Waals surface area contributed by atoms with Gasteiger partial charge in [0.15, 0.2) is 17.2 Å². The van der Waals surface area contributed by atoms with Gasteiger partial charge in [-0.25, -0.2) is 9.79 Å². The molecule has 0 N–H and O–H groups in total. The second-order valence-corrected chi connectivity index (χ2v) is 8.18. The highest BCUT2D eigenvalue weighted by atomic mass is 127. The molecule has 0 unspecified atom stereocenters. The fraction of sp³-hybridized carbons (Fsp3) is 0.190. The minimum Gasteiger partial charge on any atom is -0.493 e. The van der Waals surface area contributed by atoms with Crippen molar-refractivity contribution < 1.29 is 23.8 Å². The molecule has 1 aliphatic heterocycles. The average Bonchev–Trinajstić information content (AvgIpc) is 3.04. The number of halogens is 2. The second kappa shape index (κ2) is 9.53. The van der Waals surface area contributed by atoms with Gasteiger partial charge in [0, 0.05) is 16.5 Å². The molecule has 2 aromatic carbocycles. The zero-order valence-corrected chi connectivity index (χ0v) is 19.4. The Labute approximate surface area is 190 Å². The first kappa shape index (κ1) is 21.5. The molecule has 0 aromatic heterocycles. The van der Waals surface area contributed by atoms with E-state index in [0.717, 1.165) is 4.47 Å². The number of methoxy groups -OCH3 is 1. The zero-order chi connectivity index (χ0) is 21.0. The maximum atomic E-state index is 12.2. The van der Waals surface area contributed by atoms with Gasteiger partial charge in [-0.05, 0) is 77.0 Å². The molecule has 0 spiro atoms. The number of carbonyl (C=O) groups excluding carboxylic acids is 2. The lowest BCUT2D eigenvalue weighted by Gasteiger charge is -2.12. The Morgan fingerprint density at radius 1 is 1.28 bits per heavy atom. The summed E-state index contributed by atoms with van der Waals surface area (Å²) in [5, 5.41) is 0. The molecule has 1 heterocycles. The van der Waals surface area contributed by atoms with E-state index in [4.69, 9.17) is 14.2 Å². The number of hydrogen-bond acceptors (Lipinski definition) is 6. The van der Waals surface area contributed by atoms with Crippen LogP contribution in [0.15, 0.2) is 51.6 Å². The van der Waals surface area contributed by atoms with Crippen LogP contribution >= 0.6 is 38.5 Å². The number of esters is 2. The molecule has 0 aliphatic carbocycles. The third kappa shape index (κ3) is 5.24. The second-order valence-electron chi connectivity index (χ2n) is 6.10. The van der Waals surface area contributed by atoms with Crippen LogP contribution in [0.1, 0.15) is 30.9 Å². The Morgan fingerprint density at radius 2 is 2.00 bits per heavy atom. The van der Waals surface area contributed by atoms with Crippen LogP contribution in [0.5, 0.6) is 11.5 Å². The van der Waals surface area contributed by atoms with Crippen molar-refractivity contribution in [1.82, 2.24) is 0 Å². The van der Waals surface area contributed by atoms with Crippen LogP contribution in [0.2, 0.25) is 0 Å². The molecule has 3 rings (SSSR count). The fourth-order valence-corrected chi connectivity index (χ4v) is 3.57. The summed E-state index contributed by atoms with van der Waals surface area (Å²) in [7, 11) is 1.49. The van der Waals surface area contributed by atoms with Gasteiger partial charge in [-0.15, -0.1) is 0 Å². The van der Waals surface area contributed by atoms with Gasteiger partial charge in [0.25, 0.3) is 0 Å². The number of rotatable bonds is 6. The summed E-state index contributed by atoms with van der Waals surface area (Å²) in [5.41, 5.74) is 1.56. The highest BCUT2D eigenvalue weighted by Crippen LogP contribution is 2.35. The van der Waals surface area contributed by atoms with Gasteiger partial charge in [0.2, 0.25) is 5.90 Å². The van der Waals surface area contributed by atoms with Crippen LogP contribution in [-0.4, -0.2) is 24.9 Å². The van der Waals surface area contributed by atoms with Gasteiger partial charge in [-0.1, -0.05) is 22.9 Å². The first-order valence-electron chi connectivity index (χ1n) is 8.78. The topological polar surface area (TPSA) is 74.2 Å². The molecule has 0 amide bonds. The Bertz CT molecular complexity index is 1010. The van der Waals surface area contributed by atoms with Crippen molar-refractivity contribution in [3.63, 3.8) is 0 Å². The number of hydrogen-bond donors (Lipinski definition) is 0. The molecule has 0 fully saturated rings. The molecule has 0 bridgehead atoms. The predicted octanol–water partition coefficient (Wildman–Crippen LogP) is 5.11. The Balaban J connectivity index is 1.91. The maximum absolute atomic E-state index is 12.2. The fourth-order valence-electron chi connectivity index (χ4n) is 2.57. The summed E-state index contributed by atoms with van der Waals surface area (Å²) in [4.78, 5) is 28.4. The highest BCUT2D eigenvalue weighted by Gasteiger charge is 2.24. The van der Waals surface area contributed by atoms with Crippen molar-refractivity contribution in [3.8, 4) is 11.5 Å². The van der Waals surface area contributed by atoms with E-state index in [9.17, 15) is 9.59 Å². The van der Waals surface area contributed by atoms with E-state index in [2.05, 4.69) is 43.5 Å². The van der Waals surface area contributed by atoms with E-state index >= 15 is 0 Å². The van der Waals surface area contributed by atoms with Crippen molar-refractivity contribution in [3.05, 3.63) is 61.3 Å². The van der Waals surface area contributed by atoms with E-state index < -0.39 is 5.97 Å². The standard InChI is InChI=1S/C21H17BrINO5/c1-3-4-18(25)28-19-15(23)9-12(11-17(19)27-2)10-16-21(26)29-20(24-16)13-5-7-14(22)8-6-13/h5-11H,3-4H2,1-2H3/b16-10-. The lowest BCUT2D eigenvalue weighted by atomic mass is 10.1. The molecular formula is C21H17BrINO5. The summed E-state index contributed by atoms with van der Waals surface area (Å²) in [6.45, 7) is 1.91. The number of cyclic esters (lactones) is 1. The quantitative estimate of drug-likeness (QED) is 0.209. The lowest BCUT2D eigenvalue weighted by Crippen LogP contribution is -2.09. The number of nitrogens with zero attached hydrogens (tertiary/aromatic N) is 1. The van der Waals surface area contributed by atoms with Crippen molar-refractivity contribution >= 4 is 62.4 Å².